The van der Waals surface area contributed by atoms with Crippen molar-refractivity contribution in [1.82, 2.24) is 0 Å². The van der Waals surface area contributed by atoms with E-state index in [1.165, 1.54) is 0 Å². The largest absolute Gasteiger partial charge is 0.399 e. The highest BCUT2D eigenvalue weighted by molar-refractivity contribution is 5.46. The molecule has 0 aliphatic carbocycles. The summed E-state index contributed by atoms with van der Waals surface area (Å²) < 4.78 is 5.61. The molecule has 0 saturated carbocycles. The first-order valence-corrected chi connectivity index (χ1v) is 6.20. The first-order chi connectivity index (χ1) is 9.29. The average molecular weight is 252 g/mol. The van der Waals surface area contributed by atoms with Crippen LogP contribution in [0.2, 0.25) is 0 Å². The lowest BCUT2D eigenvalue weighted by molar-refractivity contribution is 0.124. The second-order valence-corrected chi connectivity index (χ2v) is 4.31. The fourth-order valence-corrected chi connectivity index (χ4v) is 1.81. The minimum absolute atomic E-state index is 0.554. The van der Waals surface area contributed by atoms with Crippen LogP contribution in [0.1, 0.15) is 16.7 Å². The Hall–Kier alpha value is -2.31. The van der Waals surface area contributed by atoms with Crippen LogP contribution in [0.5, 0.6) is 0 Å². The molecule has 3 heteroatoms. The molecule has 0 aliphatic heterocycles. The Morgan fingerprint density at radius 1 is 1.05 bits per heavy atom. The highest BCUT2D eigenvalue weighted by Crippen LogP contribution is 2.11. The van der Waals surface area contributed by atoms with E-state index in [1.54, 1.807) is 12.1 Å². The minimum Gasteiger partial charge on any atom is -0.399 e. The molecule has 96 valence electrons. The number of benzene rings is 2. The maximum atomic E-state index is 8.70. The van der Waals surface area contributed by atoms with E-state index in [1.807, 2.05) is 36.4 Å². The van der Waals surface area contributed by atoms with Gasteiger partial charge in [0.15, 0.2) is 0 Å². The fourth-order valence-electron chi connectivity index (χ4n) is 1.81. The van der Waals surface area contributed by atoms with Crippen LogP contribution < -0.4 is 5.73 Å². The predicted octanol–water partition coefficient (Wildman–Crippen LogP) is 2.90. The number of nitriles is 1. The van der Waals surface area contributed by atoms with Gasteiger partial charge < -0.3 is 10.5 Å². The van der Waals surface area contributed by atoms with Crippen LogP contribution in [0.3, 0.4) is 0 Å². The van der Waals surface area contributed by atoms with E-state index in [-0.39, 0.29) is 0 Å². The molecule has 0 aromatic heterocycles. The monoisotopic (exact) mass is 252 g/mol. The zero-order valence-corrected chi connectivity index (χ0v) is 10.7. The van der Waals surface area contributed by atoms with Crippen LogP contribution in [0.4, 0.5) is 5.69 Å². The second-order valence-electron chi connectivity index (χ2n) is 4.31. The standard InChI is InChI=1S/C16H16N2O/c17-11-13-5-7-14(8-6-13)12-19-10-9-15-3-1-2-4-16(15)18/h1-8H,9-10,12,18H2. The van der Waals surface area contributed by atoms with Crippen molar-refractivity contribution < 1.29 is 4.74 Å². The molecular weight excluding hydrogens is 236 g/mol. The normalized spacial score (nSPS) is 10.1. The molecule has 3 nitrogen and oxygen atoms in total. The third-order valence-electron chi connectivity index (χ3n) is 2.92. The van der Waals surface area contributed by atoms with Crippen molar-refractivity contribution in [3.63, 3.8) is 0 Å². The van der Waals surface area contributed by atoms with Crippen molar-refractivity contribution in [2.24, 2.45) is 0 Å². The van der Waals surface area contributed by atoms with E-state index in [0.29, 0.717) is 18.8 Å². The van der Waals surface area contributed by atoms with Gasteiger partial charge in [-0.1, -0.05) is 30.3 Å². The van der Waals surface area contributed by atoms with E-state index in [4.69, 9.17) is 15.7 Å². The predicted molar refractivity (Wildman–Crippen MR) is 75.4 cm³/mol. The van der Waals surface area contributed by atoms with Crippen LogP contribution in [-0.4, -0.2) is 6.61 Å². The SMILES string of the molecule is N#Cc1ccc(COCCc2ccccc2N)cc1. The van der Waals surface area contributed by atoms with Crippen molar-refractivity contribution in [3.05, 3.63) is 65.2 Å². The summed E-state index contributed by atoms with van der Waals surface area (Å²) in [5.74, 6) is 0. The molecule has 19 heavy (non-hydrogen) atoms. The van der Waals surface area contributed by atoms with Gasteiger partial charge in [0.2, 0.25) is 0 Å². The third kappa shape index (κ3) is 3.84. The summed E-state index contributed by atoms with van der Waals surface area (Å²) in [6, 6.07) is 17.3. The number of rotatable bonds is 5. The summed E-state index contributed by atoms with van der Waals surface area (Å²) in [5.41, 5.74) is 9.52. The summed E-state index contributed by atoms with van der Waals surface area (Å²) in [5, 5.41) is 8.70. The first-order valence-electron chi connectivity index (χ1n) is 6.20. The number of ether oxygens (including phenoxy) is 1. The van der Waals surface area contributed by atoms with Crippen molar-refractivity contribution in [3.8, 4) is 6.07 Å². The van der Waals surface area contributed by atoms with Crippen LogP contribution in [0.25, 0.3) is 0 Å². The Morgan fingerprint density at radius 2 is 1.79 bits per heavy atom. The van der Waals surface area contributed by atoms with Crippen molar-refractivity contribution in [2.45, 2.75) is 13.0 Å². The average Bonchev–Trinajstić information content (AvgIpc) is 2.46. The van der Waals surface area contributed by atoms with E-state index in [2.05, 4.69) is 6.07 Å². The highest BCUT2D eigenvalue weighted by atomic mass is 16.5. The molecule has 2 rings (SSSR count). The molecule has 0 amide bonds. The van der Waals surface area contributed by atoms with Gasteiger partial charge in [-0.05, 0) is 35.7 Å². The van der Waals surface area contributed by atoms with Crippen molar-refractivity contribution >= 4 is 5.69 Å². The molecule has 2 aromatic carbocycles. The molecule has 2 N–H and O–H groups in total. The Bertz CT molecular complexity index is 570. The number of nitrogens with two attached hydrogens (primary N) is 1. The molecule has 0 unspecified atom stereocenters. The first kappa shape index (κ1) is 13.1. The molecule has 0 aliphatic rings. The molecular formula is C16H16N2O. The summed E-state index contributed by atoms with van der Waals surface area (Å²) in [7, 11) is 0. The van der Waals surface area contributed by atoms with Crippen LogP contribution in [0, 0.1) is 11.3 Å². The fraction of sp³-hybridized carbons (Fsp3) is 0.188. The quantitative estimate of drug-likeness (QED) is 0.657. The maximum absolute atomic E-state index is 8.70. The van der Waals surface area contributed by atoms with Gasteiger partial charge in [0.05, 0.1) is 24.8 Å². The zero-order chi connectivity index (χ0) is 13.5. The Kier molecular flexibility index (Phi) is 4.54. The van der Waals surface area contributed by atoms with Gasteiger partial charge in [-0.15, -0.1) is 0 Å². The van der Waals surface area contributed by atoms with Crippen LogP contribution >= 0.6 is 0 Å². The lowest BCUT2D eigenvalue weighted by Gasteiger charge is -2.06. The second kappa shape index (κ2) is 6.58. The van der Waals surface area contributed by atoms with Crippen LogP contribution in [-0.2, 0) is 17.8 Å². The molecule has 2 aromatic rings. The number of hydrogen-bond acceptors (Lipinski definition) is 3. The van der Waals surface area contributed by atoms with Crippen LogP contribution in [0.15, 0.2) is 48.5 Å². The Labute approximate surface area is 113 Å². The molecule has 0 heterocycles. The summed E-state index contributed by atoms with van der Waals surface area (Å²) in [6.07, 6.45) is 0.808. The van der Waals surface area contributed by atoms with Gasteiger partial charge in [0.25, 0.3) is 0 Å². The maximum Gasteiger partial charge on any atom is 0.0991 e. The Morgan fingerprint density at radius 3 is 2.47 bits per heavy atom. The lowest BCUT2D eigenvalue weighted by Crippen LogP contribution is -2.01. The summed E-state index contributed by atoms with van der Waals surface area (Å²) in [6.45, 7) is 1.19. The molecule has 0 radical (unpaired) electrons. The van der Waals surface area contributed by atoms with E-state index in [0.717, 1.165) is 23.2 Å². The van der Waals surface area contributed by atoms with Gasteiger partial charge >= 0.3 is 0 Å². The molecule has 0 atom stereocenters. The third-order valence-corrected chi connectivity index (χ3v) is 2.92. The topological polar surface area (TPSA) is 59.0 Å². The van der Waals surface area contributed by atoms with Gasteiger partial charge in [-0.3, -0.25) is 0 Å². The molecule has 0 bridgehead atoms. The van der Waals surface area contributed by atoms with Crippen molar-refractivity contribution in [1.29, 1.82) is 5.26 Å². The number of para-hydroxylation sites is 1. The smallest absolute Gasteiger partial charge is 0.0991 e. The molecule has 0 fully saturated rings. The van der Waals surface area contributed by atoms with Gasteiger partial charge in [0, 0.05) is 5.69 Å². The van der Waals surface area contributed by atoms with Gasteiger partial charge in [-0.2, -0.15) is 5.26 Å². The summed E-state index contributed by atoms with van der Waals surface area (Å²) >= 11 is 0. The Balaban J connectivity index is 1.78. The van der Waals surface area contributed by atoms with Gasteiger partial charge in [0.1, 0.15) is 0 Å². The number of nitrogens with zero attached hydrogens (tertiary/aromatic N) is 1. The lowest BCUT2D eigenvalue weighted by atomic mass is 10.1. The molecule has 0 saturated heterocycles. The minimum atomic E-state index is 0.554. The number of hydrogen-bond donors (Lipinski definition) is 1. The molecule has 0 spiro atoms. The zero-order valence-electron chi connectivity index (χ0n) is 10.7. The van der Waals surface area contributed by atoms with E-state index >= 15 is 0 Å². The summed E-state index contributed by atoms with van der Waals surface area (Å²) in [4.78, 5) is 0. The number of nitrogen functional groups attached to an aromatic ring is 1. The number of anilines is 1. The van der Waals surface area contributed by atoms with E-state index in [9.17, 15) is 0 Å². The van der Waals surface area contributed by atoms with Crippen molar-refractivity contribution in [2.75, 3.05) is 12.3 Å². The van der Waals surface area contributed by atoms with Gasteiger partial charge in [-0.25, -0.2) is 0 Å². The highest BCUT2D eigenvalue weighted by Gasteiger charge is 1.98. The van der Waals surface area contributed by atoms with E-state index < -0.39 is 0 Å².